The molecule has 0 aliphatic rings. The molecule has 0 unspecified atom stereocenters. The van der Waals surface area contributed by atoms with Gasteiger partial charge in [-0.3, -0.25) is 9.97 Å². The minimum absolute atomic E-state index is 0.931. The molecular weight excluding hydrogens is 280 g/mol. The molecule has 5 heteroatoms. The van der Waals surface area contributed by atoms with Crippen molar-refractivity contribution in [3.8, 4) is 22.3 Å². The van der Waals surface area contributed by atoms with Crippen LogP contribution in [0.3, 0.4) is 0 Å². The Morgan fingerprint density at radius 3 is 2.10 bits per heavy atom. The molecule has 4 nitrogen and oxygen atoms in total. The van der Waals surface area contributed by atoms with Crippen molar-refractivity contribution in [3.05, 3.63) is 61.2 Å². The maximum absolute atomic E-state index is 4.31. The lowest BCUT2D eigenvalue weighted by molar-refractivity contribution is 1.20. The Morgan fingerprint density at radius 2 is 1.38 bits per heavy atom. The number of hydrogen-bond acceptors (Lipinski definition) is 5. The highest BCUT2D eigenvalue weighted by molar-refractivity contribution is 7.13. The second kappa shape index (κ2) is 5.03. The molecule has 0 bridgehead atoms. The second-order valence-corrected chi connectivity index (χ2v) is 5.37. The van der Waals surface area contributed by atoms with Gasteiger partial charge in [-0.1, -0.05) is 10.6 Å². The van der Waals surface area contributed by atoms with Gasteiger partial charge in [-0.15, -0.1) is 5.10 Å². The SMILES string of the molecule is c1cc(-c2ccc3snnc3c2-c2ccncc2)ccn1. The molecule has 0 radical (unpaired) electrons. The number of fused-ring (bicyclic) bond motifs is 1. The van der Waals surface area contributed by atoms with E-state index in [1.54, 1.807) is 24.8 Å². The van der Waals surface area contributed by atoms with Gasteiger partial charge in [-0.2, -0.15) is 0 Å². The molecule has 1 aromatic carbocycles. The zero-order chi connectivity index (χ0) is 14.1. The highest BCUT2D eigenvalue weighted by Gasteiger charge is 2.14. The highest BCUT2D eigenvalue weighted by atomic mass is 32.1. The van der Waals surface area contributed by atoms with E-state index in [2.05, 4.69) is 31.7 Å². The first-order chi connectivity index (χ1) is 10.4. The molecule has 0 amide bonds. The minimum Gasteiger partial charge on any atom is -0.265 e. The van der Waals surface area contributed by atoms with Gasteiger partial charge in [0.05, 0.1) is 4.70 Å². The molecule has 0 atom stereocenters. The third-order valence-electron chi connectivity index (χ3n) is 3.38. The summed E-state index contributed by atoms with van der Waals surface area (Å²) in [7, 11) is 0. The summed E-state index contributed by atoms with van der Waals surface area (Å²) in [5.41, 5.74) is 5.36. The molecule has 0 aliphatic carbocycles. The summed E-state index contributed by atoms with van der Waals surface area (Å²) >= 11 is 1.41. The van der Waals surface area contributed by atoms with E-state index < -0.39 is 0 Å². The van der Waals surface area contributed by atoms with Gasteiger partial charge in [0.15, 0.2) is 0 Å². The molecular formula is C16H10N4S. The summed E-state index contributed by atoms with van der Waals surface area (Å²) in [6.07, 6.45) is 7.19. The van der Waals surface area contributed by atoms with Crippen LogP contribution in [0.2, 0.25) is 0 Å². The molecule has 4 rings (SSSR count). The predicted octanol–water partition coefficient (Wildman–Crippen LogP) is 3.82. The Morgan fingerprint density at radius 1 is 0.714 bits per heavy atom. The van der Waals surface area contributed by atoms with Crippen LogP contribution in [-0.4, -0.2) is 19.6 Å². The van der Waals surface area contributed by atoms with Gasteiger partial charge < -0.3 is 0 Å². The topological polar surface area (TPSA) is 51.6 Å². The normalized spacial score (nSPS) is 10.9. The highest BCUT2D eigenvalue weighted by Crippen LogP contribution is 2.37. The summed E-state index contributed by atoms with van der Waals surface area (Å²) < 4.78 is 5.17. The number of rotatable bonds is 2. The van der Waals surface area contributed by atoms with Crippen LogP contribution < -0.4 is 0 Å². The molecule has 0 saturated heterocycles. The molecule has 21 heavy (non-hydrogen) atoms. The Hall–Kier alpha value is -2.66. The van der Waals surface area contributed by atoms with Crippen LogP contribution in [0.4, 0.5) is 0 Å². The largest absolute Gasteiger partial charge is 0.265 e. The summed E-state index contributed by atoms with van der Waals surface area (Å²) in [4.78, 5) is 8.19. The Balaban J connectivity index is 2.08. The van der Waals surface area contributed by atoms with E-state index in [1.807, 2.05) is 24.3 Å². The molecule has 0 fully saturated rings. The Labute approximate surface area is 125 Å². The third kappa shape index (κ3) is 2.08. The average Bonchev–Trinajstić information content (AvgIpc) is 3.04. The monoisotopic (exact) mass is 290 g/mol. The minimum atomic E-state index is 0.931. The number of hydrogen-bond donors (Lipinski definition) is 0. The maximum atomic E-state index is 4.31. The maximum Gasteiger partial charge on any atom is 0.114 e. The van der Waals surface area contributed by atoms with E-state index in [9.17, 15) is 0 Å². The van der Waals surface area contributed by atoms with Crippen LogP contribution in [0.25, 0.3) is 32.5 Å². The molecule has 4 aromatic rings. The lowest BCUT2D eigenvalue weighted by Crippen LogP contribution is -1.88. The summed E-state index contributed by atoms with van der Waals surface area (Å²) in [6, 6.07) is 12.2. The zero-order valence-electron chi connectivity index (χ0n) is 11.0. The smallest absolute Gasteiger partial charge is 0.114 e. The first-order valence-corrected chi connectivity index (χ1v) is 7.27. The first kappa shape index (κ1) is 12.1. The van der Waals surface area contributed by atoms with Crippen molar-refractivity contribution in [3.63, 3.8) is 0 Å². The molecule has 0 spiro atoms. The molecule has 0 saturated carbocycles. The van der Waals surface area contributed by atoms with Crippen molar-refractivity contribution < 1.29 is 0 Å². The van der Waals surface area contributed by atoms with Gasteiger partial charge in [0.2, 0.25) is 0 Å². The van der Waals surface area contributed by atoms with Crippen LogP contribution in [0.15, 0.2) is 61.2 Å². The summed E-state index contributed by atoms with van der Waals surface area (Å²) in [5, 5.41) is 4.31. The molecule has 0 N–H and O–H groups in total. The van der Waals surface area contributed by atoms with Crippen LogP contribution >= 0.6 is 11.5 Å². The van der Waals surface area contributed by atoms with Gasteiger partial charge in [0.1, 0.15) is 5.52 Å². The van der Waals surface area contributed by atoms with Gasteiger partial charge in [-0.05, 0) is 58.6 Å². The van der Waals surface area contributed by atoms with Crippen LogP contribution in [0, 0.1) is 0 Å². The van der Waals surface area contributed by atoms with Crippen LogP contribution in [-0.2, 0) is 0 Å². The van der Waals surface area contributed by atoms with Crippen molar-refractivity contribution in [2.24, 2.45) is 0 Å². The van der Waals surface area contributed by atoms with Crippen LogP contribution in [0.1, 0.15) is 0 Å². The van der Waals surface area contributed by atoms with Crippen molar-refractivity contribution in [1.82, 2.24) is 19.6 Å². The Kier molecular flexibility index (Phi) is 2.90. The standard InChI is InChI=1S/C16H10N4S/c1-2-14-16(19-20-21-14)15(12-5-9-18-10-6-12)13(1)11-3-7-17-8-4-11/h1-10H. The van der Waals surface area contributed by atoms with Crippen LogP contribution in [0.5, 0.6) is 0 Å². The van der Waals surface area contributed by atoms with Gasteiger partial charge in [-0.25, -0.2) is 0 Å². The molecule has 0 aliphatic heterocycles. The fraction of sp³-hybridized carbons (Fsp3) is 0. The summed E-state index contributed by atoms with van der Waals surface area (Å²) in [6.45, 7) is 0. The fourth-order valence-electron chi connectivity index (χ4n) is 2.43. The lowest BCUT2D eigenvalue weighted by Gasteiger charge is -2.10. The predicted molar refractivity (Wildman–Crippen MR) is 83.9 cm³/mol. The number of pyridine rings is 2. The fourth-order valence-corrected chi connectivity index (χ4v) is 3.00. The quantitative estimate of drug-likeness (QED) is 0.563. The van der Waals surface area contributed by atoms with Crippen molar-refractivity contribution in [2.45, 2.75) is 0 Å². The van der Waals surface area contributed by atoms with E-state index in [1.165, 1.54) is 11.5 Å². The number of benzene rings is 1. The number of nitrogens with zero attached hydrogens (tertiary/aromatic N) is 4. The second-order valence-electron chi connectivity index (χ2n) is 4.58. The van der Waals surface area contributed by atoms with E-state index in [-0.39, 0.29) is 0 Å². The van der Waals surface area contributed by atoms with Crippen molar-refractivity contribution >= 4 is 21.7 Å². The average molecular weight is 290 g/mol. The third-order valence-corrected chi connectivity index (χ3v) is 4.07. The molecule has 3 aromatic heterocycles. The summed E-state index contributed by atoms with van der Waals surface area (Å²) in [5.74, 6) is 0. The molecule has 100 valence electrons. The van der Waals surface area contributed by atoms with Crippen molar-refractivity contribution in [1.29, 1.82) is 0 Å². The number of aromatic nitrogens is 4. The van der Waals surface area contributed by atoms with Gasteiger partial charge in [0, 0.05) is 30.4 Å². The van der Waals surface area contributed by atoms with E-state index in [4.69, 9.17) is 0 Å². The Bertz CT molecular complexity index is 888. The molecule has 3 heterocycles. The lowest BCUT2D eigenvalue weighted by atomic mass is 9.95. The van der Waals surface area contributed by atoms with Gasteiger partial charge in [0.25, 0.3) is 0 Å². The van der Waals surface area contributed by atoms with E-state index in [0.29, 0.717) is 0 Å². The van der Waals surface area contributed by atoms with Gasteiger partial charge >= 0.3 is 0 Å². The zero-order valence-corrected chi connectivity index (χ0v) is 11.8. The van der Waals surface area contributed by atoms with E-state index >= 15 is 0 Å². The first-order valence-electron chi connectivity index (χ1n) is 6.49. The van der Waals surface area contributed by atoms with E-state index in [0.717, 1.165) is 32.5 Å². The van der Waals surface area contributed by atoms with Crippen molar-refractivity contribution in [2.75, 3.05) is 0 Å².